The van der Waals surface area contributed by atoms with E-state index in [1.54, 1.807) is 22.7 Å². The van der Waals surface area contributed by atoms with Crippen molar-refractivity contribution < 1.29 is 14.3 Å². The van der Waals surface area contributed by atoms with Crippen LogP contribution in [0.15, 0.2) is 48.7 Å². The Hall–Kier alpha value is -3.35. The van der Waals surface area contributed by atoms with Gasteiger partial charge in [0.2, 0.25) is 0 Å². The van der Waals surface area contributed by atoms with Gasteiger partial charge in [0.15, 0.2) is 6.61 Å². The number of nitrogens with one attached hydrogen (secondary N) is 2. The van der Waals surface area contributed by atoms with Crippen molar-refractivity contribution in [2.75, 3.05) is 6.61 Å². The Labute approximate surface area is 144 Å². The number of imidazole rings is 1. The molecule has 3 rings (SSSR count). The maximum Gasteiger partial charge on any atom is 0.289 e. The zero-order valence-electron chi connectivity index (χ0n) is 13.9. The Kier molecular flexibility index (Phi) is 4.65. The molecule has 0 radical (unpaired) electrons. The van der Waals surface area contributed by atoms with Gasteiger partial charge in [-0.1, -0.05) is 18.2 Å². The van der Waals surface area contributed by atoms with Crippen molar-refractivity contribution in [1.29, 1.82) is 0 Å². The summed E-state index contributed by atoms with van der Waals surface area (Å²) < 4.78 is 7.17. The number of carbonyl (C=O) groups is 2. The lowest BCUT2D eigenvalue weighted by atomic mass is 10.2. The summed E-state index contributed by atoms with van der Waals surface area (Å²) in [5.41, 5.74) is 7.52. The predicted octanol–water partition coefficient (Wildman–Crippen LogP) is 1.79. The van der Waals surface area contributed by atoms with Crippen LogP contribution < -0.4 is 15.6 Å². The van der Waals surface area contributed by atoms with Gasteiger partial charge < -0.3 is 9.14 Å². The molecule has 2 heterocycles. The van der Waals surface area contributed by atoms with E-state index in [1.165, 1.54) is 0 Å². The predicted molar refractivity (Wildman–Crippen MR) is 92.2 cm³/mol. The van der Waals surface area contributed by atoms with Crippen LogP contribution in [0.25, 0.3) is 5.65 Å². The number of benzene rings is 1. The maximum atomic E-state index is 12.1. The molecule has 2 amide bonds. The molecule has 0 aliphatic carbocycles. The summed E-state index contributed by atoms with van der Waals surface area (Å²) in [7, 11) is 0. The summed E-state index contributed by atoms with van der Waals surface area (Å²) in [6.07, 6.45) is 1.62. The lowest BCUT2D eigenvalue weighted by Crippen LogP contribution is -2.43. The number of aromatic nitrogens is 2. The number of amides is 2. The first kappa shape index (κ1) is 16.5. The summed E-state index contributed by atoms with van der Waals surface area (Å²) in [6.45, 7) is 3.65. The van der Waals surface area contributed by atoms with Crippen LogP contribution in [-0.4, -0.2) is 27.8 Å². The Morgan fingerprint density at radius 3 is 2.68 bits per heavy atom. The number of hydrogen-bond donors (Lipinski definition) is 2. The number of fused-ring (bicyclic) bond motifs is 1. The molecule has 1 aromatic carbocycles. The fourth-order valence-corrected chi connectivity index (χ4v) is 2.34. The maximum absolute atomic E-state index is 12.1. The monoisotopic (exact) mass is 338 g/mol. The molecule has 0 spiro atoms. The molecular formula is C18H18N4O3. The van der Waals surface area contributed by atoms with E-state index >= 15 is 0 Å². The van der Waals surface area contributed by atoms with E-state index in [2.05, 4.69) is 15.8 Å². The van der Waals surface area contributed by atoms with Gasteiger partial charge in [-0.2, -0.15) is 0 Å². The lowest BCUT2D eigenvalue weighted by Gasteiger charge is -2.08. The van der Waals surface area contributed by atoms with Gasteiger partial charge in [0.05, 0.1) is 0 Å². The van der Waals surface area contributed by atoms with Crippen LogP contribution in [0.4, 0.5) is 0 Å². The molecule has 3 aromatic rings. The lowest BCUT2D eigenvalue weighted by molar-refractivity contribution is -0.123. The molecule has 2 aromatic heterocycles. The number of carbonyl (C=O) groups excluding carboxylic acids is 2. The van der Waals surface area contributed by atoms with Crippen molar-refractivity contribution >= 4 is 17.5 Å². The quantitative estimate of drug-likeness (QED) is 0.710. The largest absolute Gasteiger partial charge is 0.484 e. The minimum Gasteiger partial charge on any atom is -0.484 e. The van der Waals surface area contributed by atoms with Crippen LogP contribution in [-0.2, 0) is 4.79 Å². The molecule has 0 unspecified atom stereocenters. The fraction of sp³-hybridized carbons (Fsp3) is 0.167. The van der Waals surface area contributed by atoms with Crippen LogP contribution in [0, 0.1) is 13.8 Å². The molecule has 7 nitrogen and oxygen atoms in total. The van der Waals surface area contributed by atoms with Gasteiger partial charge in [0.25, 0.3) is 11.8 Å². The Morgan fingerprint density at radius 2 is 1.92 bits per heavy atom. The van der Waals surface area contributed by atoms with Gasteiger partial charge >= 0.3 is 0 Å². The van der Waals surface area contributed by atoms with Crippen LogP contribution in [0.2, 0.25) is 0 Å². The number of ether oxygens (including phenoxy) is 1. The zero-order chi connectivity index (χ0) is 17.8. The van der Waals surface area contributed by atoms with Crippen molar-refractivity contribution in [1.82, 2.24) is 20.2 Å². The first-order chi connectivity index (χ1) is 12.0. The van der Waals surface area contributed by atoms with E-state index in [9.17, 15) is 9.59 Å². The van der Waals surface area contributed by atoms with Gasteiger partial charge in [0.1, 0.15) is 17.1 Å². The topological polar surface area (TPSA) is 84.7 Å². The van der Waals surface area contributed by atoms with E-state index in [-0.39, 0.29) is 12.3 Å². The first-order valence-electron chi connectivity index (χ1n) is 7.76. The molecule has 0 bridgehead atoms. The Morgan fingerprint density at radius 1 is 1.12 bits per heavy atom. The molecule has 0 saturated carbocycles. The third-order valence-corrected chi connectivity index (χ3v) is 3.60. The summed E-state index contributed by atoms with van der Waals surface area (Å²) in [4.78, 5) is 28.1. The number of hydrogen-bond acceptors (Lipinski definition) is 4. The highest BCUT2D eigenvalue weighted by molar-refractivity contribution is 5.94. The van der Waals surface area contributed by atoms with E-state index in [1.807, 2.05) is 44.2 Å². The average molecular weight is 338 g/mol. The number of aryl methyl sites for hydroxylation is 2. The van der Waals surface area contributed by atoms with Crippen molar-refractivity contribution in [3.8, 4) is 5.75 Å². The SMILES string of the molecule is Cc1cccc(OCC(=O)NNC(=O)c2cn3c(C)cccc3n2)c1. The van der Waals surface area contributed by atoms with E-state index in [0.29, 0.717) is 11.4 Å². The molecule has 128 valence electrons. The number of hydrazine groups is 1. The smallest absolute Gasteiger partial charge is 0.289 e. The number of nitrogens with zero attached hydrogens (tertiary/aromatic N) is 2. The van der Waals surface area contributed by atoms with Crippen molar-refractivity contribution in [2.24, 2.45) is 0 Å². The van der Waals surface area contributed by atoms with Crippen LogP contribution >= 0.6 is 0 Å². The van der Waals surface area contributed by atoms with Crippen molar-refractivity contribution in [3.63, 3.8) is 0 Å². The fourth-order valence-electron chi connectivity index (χ4n) is 2.34. The summed E-state index contributed by atoms with van der Waals surface area (Å²) in [5.74, 6) is -0.362. The normalized spacial score (nSPS) is 10.5. The van der Waals surface area contributed by atoms with Gasteiger partial charge in [-0.05, 0) is 43.7 Å². The number of rotatable bonds is 4. The highest BCUT2D eigenvalue weighted by atomic mass is 16.5. The average Bonchev–Trinajstić information content (AvgIpc) is 3.04. The van der Waals surface area contributed by atoms with Crippen LogP contribution in [0.3, 0.4) is 0 Å². The van der Waals surface area contributed by atoms with Gasteiger partial charge in [-0.15, -0.1) is 0 Å². The van der Waals surface area contributed by atoms with Crippen LogP contribution in [0.5, 0.6) is 5.75 Å². The minimum absolute atomic E-state index is 0.200. The molecule has 25 heavy (non-hydrogen) atoms. The summed E-state index contributed by atoms with van der Waals surface area (Å²) in [6, 6.07) is 12.9. The standard InChI is InChI=1S/C18H18N4O3/c1-12-5-3-7-14(9-12)25-11-17(23)20-21-18(24)15-10-22-13(2)6-4-8-16(22)19-15/h3-10H,11H2,1-2H3,(H,20,23)(H,21,24). The molecule has 0 aliphatic rings. The third kappa shape index (κ3) is 3.95. The van der Waals surface area contributed by atoms with Gasteiger partial charge in [-0.3, -0.25) is 20.4 Å². The second-order valence-electron chi connectivity index (χ2n) is 5.63. The van der Waals surface area contributed by atoms with E-state index < -0.39 is 11.8 Å². The second-order valence-corrected chi connectivity index (χ2v) is 5.63. The molecular weight excluding hydrogens is 320 g/mol. The van der Waals surface area contributed by atoms with Crippen molar-refractivity contribution in [3.05, 3.63) is 65.6 Å². The highest BCUT2D eigenvalue weighted by Gasteiger charge is 2.12. The van der Waals surface area contributed by atoms with Gasteiger partial charge in [0, 0.05) is 11.9 Å². The minimum atomic E-state index is -0.494. The van der Waals surface area contributed by atoms with Crippen LogP contribution in [0.1, 0.15) is 21.7 Å². The number of pyridine rings is 1. The molecule has 0 saturated heterocycles. The molecule has 0 aliphatic heterocycles. The highest BCUT2D eigenvalue weighted by Crippen LogP contribution is 2.12. The molecule has 2 N–H and O–H groups in total. The zero-order valence-corrected chi connectivity index (χ0v) is 13.9. The van der Waals surface area contributed by atoms with Crippen molar-refractivity contribution in [2.45, 2.75) is 13.8 Å². The van der Waals surface area contributed by atoms with E-state index in [0.717, 1.165) is 11.3 Å². The second kappa shape index (κ2) is 7.04. The summed E-state index contributed by atoms with van der Waals surface area (Å²) >= 11 is 0. The molecule has 7 heteroatoms. The third-order valence-electron chi connectivity index (χ3n) is 3.60. The Bertz CT molecular complexity index is 933. The Balaban J connectivity index is 1.54. The first-order valence-corrected chi connectivity index (χ1v) is 7.76. The van der Waals surface area contributed by atoms with Gasteiger partial charge in [-0.25, -0.2) is 4.98 Å². The molecule has 0 atom stereocenters. The van der Waals surface area contributed by atoms with E-state index in [4.69, 9.17) is 4.74 Å². The summed E-state index contributed by atoms with van der Waals surface area (Å²) in [5, 5.41) is 0. The molecule has 0 fully saturated rings.